The fraction of sp³-hybridized carbons (Fsp3) is 0.480. The Bertz CT molecular complexity index is 4570. The molecule has 8 bridgehead atoms. The molecule has 0 N–H and O–H groups in total. The number of nitrogens with zero attached hydrogens (tertiary/aromatic N) is 1. The van der Waals surface area contributed by atoms with Crippen molar-refractivity contribution in [1.82, 2.24) is 4.98 Å². The van der Waals surface area contributed by atoms with E-state index in [1.54, 1.807) is 12.1 Å². The monoisotopic (exact) mass is 1640 g/mol. The van der Waals surface area contributed by atoms with Crippen molar-refractivity contribution in [1.29, 1.82) is 0 Å². The van der Waals surface area contributed by atoms with Crippen molar-refractivity contribution in [3.8, 4) is 57.1 Å². The van der Waals surface area contributed by atoms with E-state index < -0.39 is 46.8 Å². The Kier molecular flexibility index (Phi) is 30.9. The summed E-state index contributed by atoms with van der Waals surface area (Å²) in [6.07, 6.45) is 46.8. The molecule has 1 aromatic heterocycles. The number of aromatic nitrogens is 1. The largest absolute Gasteiger partial charge is 0.462 e. The lowest BCUT2D eigenvalue weighted by Gasteiger charge is -2.38. The third kappa shape index (κ3) is 21.4. The fourth-order valence-corrected chi connectivity index (χ4v) is 23.4. The molecule has 15 heteroatoms. The highest BCUT2D eigenvalue weighted by molar-refractivity contribution is 7.63. The zero-order valence-corrected chi connectivity index (χ0v) is 73.0. The molecule has 622 valence electrons. The molecule has 0 radical (unpaired) electrons. The standard InChI is InChI=1S/C102H128NO11P3/c1-5-9-13-17-21-25-29-33-46-56-82-86-68-88-83(57-47-34-30-26-22-18-14-10-6-2)90-70-92-85(59-49-36-32-28-24-20-16-12-8-4)93-71-91-84(58-48-35-31-27-23-19-15-11-7-3)89-69-87(82)95-73-97(89)110-116(105,80-52-42-38-43-53-80)112-99(91)75-101(93)114-117(106,81-54-44-39-45-55-81)113-100(92)74-98(90)111-115(104,79-50-40-37-41-51-79)109-96(88)72-94(86)107-102(108-95)78-62-60-76(61-63-78)77-64-66-103-67-65-77/h37-45,50-55,60-75,82-85,102H,5-36,46-49,56-59H2,1-4H3. The van der Waals surface area contributed by atoms with Gasteiger partial charge in [-0.2, -0.15) is 0 Å². The summed E-state index contributed by atoms with van der Waals surface area (Å²) in [5.41, 5.74) is 9.85. The third-order valence-electron chi connectivity index (χ3n) is 25.2. The van der Waals surface area contributed by atoms with Gasteiger partial charge in [-0.05, 0) is 110 Å². The van der Waals surface area contributed by atoms with Gasteiger partial charge in [-0.15, -0.1) is 0 Å². The lowest BCUT2D eigenvalue weighted by Crippen LogP contribution is -2.24. The van der Waals surface area contributed by atoms with E-state index in [9.17, 15) is 0 Å². The summed E-state index contributed by atoms with van der Waals surface area (Å²) in [6, 6.07) is 57.3. The molecule has 0 fully saturated rings. The molecule has 0 spiro atoms. The maximum atomic E-state index is 17.1. The van der Waals surface area contributed by atoms with Crippen molar-refractivity contribution < 1.29 is 50.3 Å². The van der Waals surface area contributed by atoms with Crippen molar-refractivity contribution in [3.63, 3.8) is 0 Å². The SMILES string of the molecule is CCCCCCCCCCCC1c2cc3c4cc2OC(c2ccc(-c5ccncc5)cc2)Oc2cc5c(cc21)C(CCCCCCCCCCC)c1cc2c(cc1OP(=O)(c1ccccc1)O5)OP(=O)(c1ccccc1)Oc1cc(c(cc1C2CCCCCCCCCCC)C3CCCCCCCCCCC)OP(=O)(c1ccccc1)O4. The van der Waals surface area contributed by atoms with Crippen molar-refractivity contribution in [2.75, 3.05) is 0 Å². The number of benzene rings is 8. The Balaban J connectivity index is 1.06. The molecule has 14 rings (SSSR count). The number of unbranched alkanes of at least 4 members (excludes halogenated alkanes) is 32. The first-order valence-electron chi connectivity index (χ1n) is 45.7. The van der Waals surface area contributed by atoms with Crippen LogP contribution in [0.2, 0.25) is 0 Å². The number of pyridine rings is 1. The van der Waals surface area contributed by atoms with Crippen LogP contribution >= 0.6 is 22.8 Å². The summed E-state index contributed by atoms with van der Waals surface area (Å²) in [7, 11) is -13.4. The van der Waals surface area contributed by atoms with Crippen LogP contribution in [0.15, 0.2) is 188 Å². The van der Waals surface area contributed by atoms with Gasteiger partial charge in [-0.25, -0.2) is 13.7 Å². The molecule has 0 saturated carbocycles. The van der Waals surface area contributed by atoms with Gasteiger partial charge in [0.25, 0.3) is 6.29 Å². The van der Waals surface area contributed by atoms with Crippen LogP contribution in [0.3, 0.4) is 0 Å². The lowest BCUT2D eigenvalue weighted by molar-refractivity contribution is -0.000546. The Morgan fingerprint density at radius 1 is 0.248 bits per heavy atom. The minimum Gasteiger partial charge on any atom is -0.450 e. The molecule has 9 aromatic rings. The lowest BCUT2D eigenvalue weighted by atomic mass is 9.76. The Morgan fingerprint density at radius 2 is 0.470 bits per heavy atom. The summed E-state index contributed by atoms with van der Waals surface area (Å²) in [5.74, 6) is 1.65. The highest BCUT2D eigenvalue weighted by Crippen LogP contribution is 2.65. The second kappa shape index (κ2) is 42.3. The Morgan fingerprint density at radius 3 is 0.726 bits per heavy atom. The summed E-state index contributed by atoms with van der Waals surface area (Å²) < 4.78 is 111. The van der Waals surface area contributed by atoms with Crippen molar-refractivity contribution in [2.24, 2.45) is 0 Å². The number of hydrogen-bond donors (Lipinski definition) is 0. The predicted octanol–water partition coefficient (Wildman–Crippen LogP) is 30.6. The first-order chi connectivity index (χ1) is 57.5. The highest BCUT2D eigenvalue weighted by atomic mass is 31.2. The van der Waals surface area contributed by atoms with Crippen molar-refractivity contribution >= 4 is 38.7 Å². The maximum Gasteiger partial charge on any atom is 0.462 e. The molecular weight excluding hydrogens is 1510 g/mol. The molecule has 1 aliphatic carbocycles. The first kappa shape index (κ1) is 85.4. The van der Waals surface area contributed by atoms with Crippen LogP contribution < -0.4 is 52.5 Å². The maximum absolute atomic E-state index is 17.1. The fourth-order valence-electron chi connectivity index (χ4n) is 18.5. The quantitative estimate of drug-likeness (QED) is 0.0265. The normalized spacial score (nSPS) is 20.5. The van der Waals surface area contributed by atoms with Crippen molar-refractivity contribution in [3.05, 3.63) is 238 Å². The molecule has 117 heavy (non-hydrogen) atoms. The van der Waals surface area contributed by atoms with E-state index in [4.69, 9.17) is 36.6 Å². The van der Waals surface area contributed by atoms with Gasteiger partial charge < -0.3 is 36.6 Å². The molecular formula is C102H128NO11P3. The highest BCUT2D eigenvalue weighted by Gasteiger charge is 2.47. The van der Waals surface area contributed by atoms with Crippen LogP contribution in [0.25, 0.3) is 11.1 Å². The molecule has 4 atom stereocenters. The van der Waals surface area contributed by atoms with Gasteiger partial charge in [0.1, 0.15) is 46.0 Å². The second-order valence-corrected chi connectivity index (χ2v) is 39.5. The summed E-state index contributed by atoms with van der Waals surface area (Å²) in [6.45, 7) is 9.12. The first-order valence-corrected chi connectivity index (χ1v) is 50.3. The second-order valence-electron chi connectivity index (χ2n) is 33.9. The molecule has 4 unspecified atom stereocenters. The van der Waals surface area contributed by atoms with Gasteiger partial charge >= 0.3 is 22.8 Å². The van der Waals surface area contributed by atoms with Crippen molar-refractivity contribution in [2.45, 2.75) is 314 Å². The average Bonchev–Trinajstić information content (AvgIpc) is 0.721. The van der Waals surface area contributed by atoms with Crippen LogP contribution in [0.1, 0.15) is 365 Å². The number of ether oxygens (including phenoxy) is 2. The van der Waals surface area contributed by atoms with Gasteiger partial charge in [-0.1, -0.05) is 338 Å². The van der Waals surface area contributed by atoms with E-state index in [1.807, 2.05) is 128 Å². The van der Waals surface area contributed by atoms with E-state index in [0.717, 1.165) is 164 Å². The minimum absolute atomic E-state index is 0.321. The van der Waals surface area contributed by atoms with Crippen LogP contribution in [-0.2, 0) is 13.7 Å². The van der Waals surface area contributed by atoms with Gasteiger partial charge in [0.05, 0.1) is 15.9 Å². The van der Waals surface area contributed by atoms with Crippen LogP contribution in [0.5, 0.6) is 46.0 Å². The van der Waals surface area contributed by atoms with Crippen LogP contribution in [0, 0.1) is 0 Å². The number of hydrogen-bond acceptors (Lipinski definition) is 12. The van der Waals surface area contributed by atoms with Gasteiger partial charge in [-0.3, -0.25) is 4.98 Å². The molecule has 8 aromatic carbocycles. The van der Waals surface area contributed by atoms with Crippen LogP contribution in [-0.4, -0.2) is 4.98 Å². The number of rotatable bonds is 45. The predicted molar refractivity (Wildman–Crippen MR) is 479 cm³/mol. The summed E-state index contributed by atoms with van der Waals surface area (Å²) in [5, 5.41) is 1.08. The minimum atomic E-state index is -4.51. The summed E-state index contributed by atoms with van der Waals surface area (Å²) in [4.78, 5) is 4.34. The average molecular weight is 1640 g/mol. The Hall–Kier alpha value is -8.00. The summed E-state index contributed by atoms with van der Waals surface area (Å²) >= 11 is 0. The van der Waals surface area contributed by atoms with Gasteiger partial charge in [0.15, 0.2) is 0 Å². The van der Waals surface area contributed by atoms with E-state index >= 15 is 13.7 Å². The molecule has 0 saturated heterocycles. The van der Waals surface area contributed by atoms with E-state index in [-0.39, 0.29) is 5.92 Å². The van der Waals surface area contributed by atoms with Crippen LogP contribution in [0.4, 0.5) is 0 Å². The van der Waals surface area contributed by atoms with Gasteiger partial charge in [0, 0.05) is 110 Å². The molecule has 12 nitrogen and oxygen atoms in total. The zero-order valence-electron chi connectivity index (χ0n) is 70.3. The molecule has 0 amide bonds. The van der Waals surface area contributed by atoms with E-state index in [0.29, 0.717) is 81.2 Å². The van der Waals surface area contributed by atoms with E-state index in [2.05, 4.69) is 81.2 Å². The third-order valence-corrected chi connectivity index (χ3v) is 30.6. The molecule has 5 aliphatic rings. The molecule has 4 aliphatic heterocycles. The zero-order chi connectivity index (χ0) is 80.7. The smallest absolute Gasteiger partial charge is 0.450 e. The Labute approximate surface area is 699 Å². The topological polar surface area (TPSA) is 138 Å². The molecule has 5 heterocycles. The van der Waals surface area contributed by atoms with E-state index in [1.165, 1.54) is 135 Å². The van der Waals surface area contributed by atoms with Gasteiger partial charge in [0.2, 0.25) is 0 Å².